The fourth-order valence-corrected chi connectivity index (χ4v) is 13.4. The maximum Gasteiger partial charge on any atom is 0.490 e. The van der Waals surface area contributed by atoms with Gasteiger partial charge in [0, 0.05) is 32.4 Å². The molecule has 36 nitrogen and oxygen atoms in total. The molecule has 8 rings (SSSR count). The van der Waals surface area contributed by atoms with Crippen LogP contribution in [0.25, 0.3) is 22.3 Å². The van der Waals surface area contributed by atoms with Gasteiger partial charge in [0.1, 0.15) is 48.5 Å². The number of phosphoric ester groups is 2. The molecule has 0 amide bonds. The first-order chi connectivity index (χ1) is 34.7. The van der Waals surface area contributed by atoms with Crippen LogP contribution in [0.2, 0.25) is 0 Å². The lowest BCUT2D eigenvalue weighted by Gasteiger charge is -2.26. The average Bonchev–Trinajstić information content (AvgIpc) is 4.10. The number of H-pyrrole nitrogens is 2. The molecule has 3 aliphatic heterocycles. The summed E-state index contributed by atoms with van der Waals surface area (Å²) < 4.78 is 110. The van der Waals surface area contributed by atoms with E-state index in [1.165, 1.54) is 40.5 Å². The number of aryl methyl sites for hydroxylation is 1. The fraction of sp³-hybridized carbons (Fsp3) is 0.588. The molecule has 0 aliphatic carbocycles. The molecule has 3 aliphatic rings. The zero-order valence-corrected chi connectivity index (χ0v) is 42.0. The van der Waals surface area contributed by atoms with E-state index in [-0.39, 0.29) is 40.7 Å². The van der Waals surface area contributed by atoms with E-state index in [2.05, 4.69) is 33.5 Å². The number of aromatic amines is 2. The number of ether oxygens (including phenoxy) is 5. The Bertz CT molecular complexity index is 3260. The summed E-state index contributed by atoms with van der Waals surface area (Å²) in [5, 5.41) is 32.6. The van der Waals surface area contributed by atoms with Crippen LogP contribution in [-0.4, -0.2) is 168 Å². The highest BCUT2D eigenvalue weighted by Gasteiger charge is 2.53. The Morgan fingerprint density at radius 3 is 2.07 bits per heavy atom. The molecule has 0 bridgehead atoms. The van der Waals surface area contributed by atoms with E-state index in [1.807, 2.05) is 4.98 Å². The van der Waals surface area contributed by atoms with Gasteiger partial charge < -0.3 is 70.0 Å². The molecule has 0 saturated carbocycles. The second-order valence-electron chi connectivity index (χ2n) is 16.7. The third-order valence-electron chi connectivity index (χ3n) is 11.8. The molecule has 0 radical (unpaired) electrons. The van der Waals surface area contributed by atoms with E-state index in [9.17, 15) is 67.5 Å². The van der Waals surface area contributed by atoms with Crippen molar-refractivity contribution in [3.05, 3.63) is 62.4 Å². The molecule has 408 valence electrons. The molecular formula is C34H49N12O24P4+. The number of rotatable bonds is 21. The zero-order chi connectivity index (χ0) is 53.8. The number of fused-ring (bicyclic) bond motifs is 2. The maximum absolute atomic E-state index is 13.8. The van der Waals surface area contributed by atoms with Gasteiger partial charge in [-0.25, -0.2) is 38.0 Å². The standard InChI is InChI=1S/C34H48N12O24P4/c1-43-13-46(28-20(43)29(51)42-33(36)41-28)30-21(48)14(8-61-2)16(66-30)9-63-72(55,56)69-74(59,60)70-73(57,58)64-10-17-24(25(62-3)32(67-17)45-12-39-19-26(35)37-11-38-27(19)45)68-71(53,54)7-5-15-22(49)23(50)31(65-15)44-6-4-18(47)40-34(44)52/h4,6,11-17,21-25,30-32,48-50H,5,7-10H2,1-3H3,(H9-,35,36,37,38,40,41,42,47,51,52,53,54,55,56,57,58,59,60)/p+1/t14-,15-,16-,17?,21-,22-,23-,24-,25-,30-,31-,32-/m1/s1. The Balaban J connectivity index is 0.939. The molecule has 40 heteroatoms. The van der Waals surface area contributed by atoms with Crippen molar-refractivity contribution < 1.29 is 104 Å². The van der Waals surface area contributed by atoms with Gasteiger partial charge in [0.15, 0.2) is 23.9 Å². The van der Waals surface area contributed by atoms with Crippen molar-refractivity contribution in [1.29, 1.82) is 0 Å². The van der Waals surface area contributed by atoms with Crippen LogP contribution in [-0.2, 0) is 71.2 Å². The number of phosphoric acid groups is 3. The van der Waals surface area contributed by atoms with E-state index in [4.69, 9.17) is 48.7 Å². The second-order valence-corrected chi connectivity index (χ2v) is 23.3. The summed E-state index contributed by atoms with van der Waals surface area (Å²) >= 11 is 0. The van der Waals surface area contributed by atoms with Crippen LogP contribution in [0.15, 0.2) is 45.6 Å². The van der Waals surface area contributed by atoms with Gasteiger partial charge in [-0.3, -0.25) is 46.8 Å². The predicted octanol–water partition coefficient (Wildman–Crippen LogP) is -3.52. The number of nitrogen functional groups attached to an aromatic ring is 2. The number of aliphatic hydroxyl groups is 3. The Hall–Kier alpha value is -4.58. The lowest BCUT2D eigenvalue weighted by molar-refractivity contribution is -0.646. The zero-order valence-electron chi connectivity index (χ0n) is 38.4. The van der Waals surface area contributed by atoms with E-state index in [1.54, 1.807) is 0 Å². The Kier molecular flexibility index (Phi) is 16.1. The van der Waals surface area contributed by atoms with Crippen LogP contribution in [0.5, 0.6) is 0 Å². The van der Waals surface area contributed by atoms with E-state index >= 15 is 0 Å². The van der Waals surface area contributed by atoms with Gasteiger partial charge in [0.05, 0.1) is 51.6 Å². The summed E-state index contributed by atoms with van der Waals surface area (Å²) in [5.41, 5.74) is 9.44. The first-order valence-corrected chi connectivity index (χ1v) is 27.7. The molecule has 16 atom stereocenters. The summed E-state index contributed by atoms with van der Waals surface area (Å²) in [7, 11) is -18.9. The molecule has 0 aromatic carbocycles. The van der Waals surface area contributed by atoms with Gasteiger partial charge in [0.25, 0.3) is 16.7 Å². The molecule has 8 heterocycles. The maximum atomic E-state index is 13.8. The van der Waals surface area contributed by atoms with Gasteiger partial charge in [-0.1, -0.05) is 0 Å². The van der Waals surface area contributed by atoms with Crippen LogP contribution in [0.4, 0.5) is 11.8 Å². The first kappa shape index (κ1) is 55.6. The summed E-state index contributed by atoms with van der Waals surface area (Å²) in [4.78, 5) is 99.8. The van der Waals surface area contributed by atoms with Gasteiger partial charge in [-0.2, -0.15) is 18.2 Å². The molecule has 5 aromatic rings. The highest BCUT2D eigenvalue weighted by Crippen LogP contribution is 2.68. The minimum absolute atomic E-state index is 0.0160. The summed E-state index contributed by atoms with van der Waals surface area (Å²) in [6, 6.07) is 0.956. The van der Waals surface area contributed by atoms with Crippen molar-refractivity contribution in [2.75, 3.05) is 51.7 Å². The number of imidazole rings is 2. The lowest BCUT2D eigenvalue weighted by Crippen LogP contribution is -2.38. The number of nitrogens with one attached hydrogen (secondary N) is 2. The third kappa shape index (κ3) is 11.7. The molecule has 5 unspecified atom stereocenters. The van der Waals surface area contributed by atoms with Gasteiger partial charge in [-0.15, -0.1) is 0 Å². The van der Waals surface area contributed by atoms with Crippen molar-refractivity contribution in [2.45, 2.75) is 73.9 Å². The fourth-order valence-electron chi connectivity index (χ4n) is 8.56. The minimum Gasteiger partial charge on any atom is -0.388 e. The normalized spacial score (nSPS) is 30.6. The minimum atomic E-state index is -6.16. The number of nitrogens with two attached hydrogens (primary N) is 2. The van der Waals surface area contributed by atoms with E-state index in [0.29, 0.717) is 0 Å². The molecule has 0 spiro atoms. The van der Waals surface area contributed by atoms with Crippen LogP contribution >= 0.6 is 31.1 Å². The highest BCUT2D eigenvalue weighted by molar-refractivity contribution is 7.66. The smallest absolute Gasteiger partial charge is 0.388 e. The van der Waals surface area contributed by atoms with Crippen molar-refractivity contribution >= 4 is 65.2 Å². The third-order valence-corrected chi connectivity index (χ3v) is 17.5. The summed E-state index contributed by atoms with van der Waals surface area (Å²) in [6.07, 6.45) is -13.7. The van der Waals surface area contributed by atoms with E-state index < -0.39 is 147 Å². The van der Waals surface area contributed by atoms with Crippen molar-refractivity contribution in [3.63, 3.8) is 0 Å². The van der Waals surface area contributed by atoms with Gasteiger partial charge in [0.2, 0.25) is 18.5 Å². The lowest BCUT2D eigenvalue weighted by atomic mass is 9.99. The Morgan fingerprint density at radius 1 is 0.757 bits per heavy atom. The highest BCUT2D eigenvalue weighted by atomic mass is 31.3. The van der Waals surface area contributed by atoms with Crippen molar-refractivity contribution in [3.8, 4) is 0 Å². The van der Waals surface area contributed by atoms with E-state index in [0.717, 1.165) is 30.3 Å². The number of hydrogen-bond acceptors (Lipinski definition) is 26. The Labute approximate surface area is 412 Å². The molecule has 13 N–H and O–H groups in total. The number of methoxy groups -OCH3 is 2. The largest absolute Gasteiger partial charge is 0.490 e. The van der Waals surface area contributed by atoms with Crippen LogP contribution < -0.4 is 32.8 Å². The molecule has 3 saturated heterocycles. The molecule has 3 fully saturated rings. The van der Waals surface area contributed by atoms with Gasteiger partial charge >= 0.3 is 42.3 Å². The van der Waals surface area contributed by atoms with Crippen LogP contribution in [0.3, 0.4) is 0 Å². The molecular weight excluding hydrogens is 1080 g/mol. The number of hydrogen-bond donors (Lipinski definition) is 11. The quantitative estimate of drug-likeness (QED) is 0.0251. The summed E-state index contributed by atoms with van der Waals surface area (Å²) in [5.74, 6) is -1.36. The summed E-state index contributed by atoms with van der Waals surface area (Å²) in [6.45, 7) is -2.40. The first-order valence-electron chi connectivity index (χ1n) is 21.5. The number of anilines is 2. The monoisotopic (exact) mass is 1130 g/mol. The predicted molar refractivity (Wildman–Crippen MR) is 241 cm³/mol. The second kappa shape index (κ2) is 21.4. The van der Waals surface area contributed by atoms with Crippen LogP contribution in [0.1, 0.15) is 25.1 Å². The number of aromatic nitrogens is 10. The SMILES string of the molecule is COC[C@H]1[C@@H](O)[C@H](n2c[n+](C)c3c(=O)[nH]c(N)nc32)O[C@@H]1COP(=O)(O)OP(=O)(O)OP(=O)(O)OCC1O[C@@H](n2cnc3c(N)ncnc32)[C@H](OC)[C@@H]1OP(=O)(O)CC[C@H]1O[C@@H](n2ccc(=O)[nH]c2=O)[C@H](O)[C@@H]1O. The average molecular weight is 1130 g/mol. The molecule has 74 heavy (non-hydrogen) atoms. The topological polar surface area (TPSA) is 507 Å². The van der Waals surface area contributed by atoms with Crippen molar-refractivity contribution in [2.24, 2.45) is 13.0 Å². The number of aliphatic hydroxyl groups excluding tert-OH is 3. The van der Waals surface area contributed by atoms with Crippen molar-refractivity contribution in [1.82, 2.24) is 43.6 Å². The van der Waals surface area contributed by atoms with Crippen LogP contribution in [0, 0.1) is 5.92 Å². The van der Waals surface area contributed by atoms with Gasteiger partial charge in [-0.05, 0) is 6.42 Å². The number of nitrogens with zero attached hydrogens (tertiary/aromatic N) is 8. The Morgan fingerprint density at radius 2 is 1.41 bits per heavy atom. The molecule has 5 aromatic heterocycles.